The molecule has 0 atom stereocenters. The molecule has 0 aromatic heterocycles. The number of carbonyl (C=O) groups is 1. The fourth-order valence-corrected chi connectivity index (χ4v) is 4.87. The molecule has 3 aromatic carbocycles. The molecular weight excluding hydrogens is 504 g/mol. The van der Waals surface area contributed by atoms with E-state index in [2.05, 4.69) is 15.9 Å². The maximum absolute atomic E-state index is 13.0. The minimum Gasteiger partial charge on any atom is -0.493 e. The highest BCUT2D eigenvalue weighted by Gasteiger charge is 2.33. The van der Waals surface area contributed by atoms with Crippen LogP contribution in [-0.2, 0) is 11.3 Å². The first-order chi connectivity index (χ1) is 16.7. The van der Waals surface area contributed by atoms with E-state index >= 15 is 0 Å². The van der Waals surface area contributed by atoms with Crippen molar-refractivity contribution < 1.29 is 33.2 Å². The topological polar surface area (TPSA) is 72.5 Å². The molecule has 5 rings (SSSR count). The van der Waals surface area contributed by atoms with Gasteiger partial charge in [-0.05, 0) is 54.5 Å². The molecule has 34 heavy (non-hydrogen) atoms. The van der Waals surface area contributed by atoms with E-state index in [0.29, 0.717) is 40.9 Å². The first kappa shape index (κ1) is 22.7. The van der Waals surface area contributed by atoms with Crippen LogP contribution in [0.1, 0.15) is 35.2 Å². The summed E-state index contributed by atoms with van der Waals surface area (Å²) in [4.78, 5) is 13.0. The van der Waals surface area contributed by atoms with Crippen molar-refractivity contribution in [2.45, 2.75) is 25.9 Å². The van der Waals surface area contributed by atoms with Gasteiger partial charge in [-0.1, -0.05) is 22.0 Å². The number of hydrogen-bond donors (Lipinski definition) is 0. The van der Waals surface area contributed by atoms with Crippen LogP contribution in [0.15, 0.2) is 30.3 Å². The summed E-state index contributed by atoms with van der Waals surface area (Å²) in [5.41, 5.74) is 2.82. The van der Waals surface area contributed by atoms with Gasteiger partial charge in [-0.25, -0.2) is 4.79 Å². The van der Waals surface area contributed by atoms with Crippen LogP contribution in [0.25, 0.3) is 21.9 Å². The molecule has 0 amide bonds. The third kappa shape index (κ3) is 3.90. The molecule has 0 fully saturated rings. The molecule has 0 N–H and O–H groups in total. The second kappa shape index (κ2) is 9.62. The van der Waals surface area contributed by atoms with Gasteiger partial charge in [0.15, 0.2) is 23.0 Å². The number of methoxy groups -OCH3 is 2. The molecule has 7 nitrogen and oxygen atoms in total. The quantitative estimate of drug-likeness (QED) is 0.195. The number of carbonyl (C=O) groups excluding carboxylic acids is 1. The first-order valence-electron chi connectivity index (χ1n) is 11.2. The number of rotatable bonds is 9. The van der Waals surface area contributed by atoms with Gasteiger partial charge < -0.3 is 28.4 Å². The number of esters is 1. The van der Waals surface area contributed by atoms with E-state index in [1.54, 1.807) is 14.2 Å². The minimum absolute atomic E-state index is 0.159. The normalized spacial score (nSPS) is 13.7. The molecule has 0 unspecified atom stereocenters. The SMILES string of the molecule is COc1cc2c(OCCCCCBr)c3c(c(-c4ccc5c(c4)OCO5)c2cc1OC)C(=O)OC3. The van der Waals surface area contributed by atoms with Gasteiger partial charge in [0, 0.05) is 21.8 Å². The zero-order valence-corrected chi connectivity index (χ0v) is 20.7. The summed E-state index contributed by atoms with van der Waals surface area (Å²) in [5, 5.41) is 2.61. The maximum atomic E-state index is 13.0. The summed E-state index contributed by atoms with van der Waals surface area (Å²) in [6, 6.07) is 9.45. The molecule has 0 spiro atoms. The van der Waals surface area contributed by atoms with Crippen molar-refractivity contribution in [1.29, 1.82) is 0 Å². The van der Waals surface area contributed by atoms with Crippen LogP contribution < -0.4 is 23.7 Å². The molecule has 3 aromatic rings. The number of fused-ring (bicyclic) bond motifs is 3. The van der Waals surface area contributed by atoms with Crippen molar-refractivity contribution >= 4 is 32.7 Å². The van der Waals surface area contributed by atoms with Crippen molar-refractivity contribution in [3.63, 3.8) is 0 Å². The Morgan fingerprint density at radius 2 is 1.65 bits per heavy atom. The van der Waals surface area contributed by atoms with Crippen molar-refractivity contribution in [3.8, 4) is 39.9 Å². The van der Waals surface area contributed by atoms with Crippen LogP contribution >= 0.6 is 15.9 Å². The second-order valence-corrected chi connectivity index (χ2v) is 8.85. The van der Waals surface area contributed by atoms with Gasteiger partial charge in [0.05, 0.1) is 26.4 Å². The monoisotopic (exact) mass is 528 g/mol. The average Bonchev–Trinajstić information content (AvgIpc) is 3.48. The summed E-state index contributed by atoms with van der Waals surface area (Å²) in [6.07, 6.45) is 3.04. The zero-order chi connectivity index (χ0) is 23.7. The molecular formula is C26H25BrO7. The van der Waals surface area contributed by atoms with E-state index in [9.17, 15) is 4.79 Å². The Hall–Kier alpha value is -3.13. The lowest BCUT2D eigenvalue weighted by Crippen LogP contribution is -2.05. The fourth-order valence-electron chi connectivity index (χ4n) is 4.47. The van der Waals surface area contributed by atoms with E-state index in [0.717, 1.165) is 52.1 Å². The maximum Gasteiger partial charge on any atom is 0.339 e. The highest BCUT2D eigenvalue weighted by atomic mass is 79.9. The van der Waals surface area contributed by atoms with Crippen molar-refractivity contribution in [3.05, 3.63) is 41.5 Å². The van der Waals surface area contributed by atoms with Gasteiger partial charge in [-0.15, -0.1) is 0 Å². The number of unbranched alkanes of at least 4 members (excludes halogenated alkanes) is 2. The van der Waals surface area contributed by atoms with Crippen LogP contribution in [0.2, 0.25) is 0 Å². The molecule has 0 radical (unpaired) electrons. The smallest absolute Gasteiger partial charge is 0.339 e. The largest absolute Gasteiger partial charge is 0.493 e. The Balaban J connectivity index is 1.73. The Kier molecular flexibility index (Phi) is 6.41. The molecule has 8 heteroatoms. The Morgan fingerprint density at radius 3 is 2.41 bits per heavy atom. The number of halogens is 1. The molecule has 0 saturated carbocycles. The second-order valence-electron chi connectivity index (χ2n) is 8.05. The van der Waals surface area contributed by atoms with Crippen LogP contribution in [0.5, 0.6) is 28.7 Å². The highest BCUT2D eigenvalue weighted by molar-refractivity contribution is 9.09. The van der Waals surface area contributed by atoms with Crippen LogP contribution in [0.4, 0.5) is 0 Å². The number of ether oxygens (including phenoxy) is 6. The van der Waals surface area contributed by atoms with Gasteiger partial charge >= 0.3 is 5.97 Å². The first-order valence-corrected chi connectivity index (χ1v) is 12.3. The van der Waals surface area contributed by atoms with E-state index in [1.807, 2.05) is 30.3 Å². The molecule has 0 aliphatic carbocycles. The Labute approximate surface area is 206 Å². The molecule has 2 aliphatic rings. The Bertz CT molecular complexity index is 1250. The van der Waals surface area contributed by atoms with Gasteiger partial charge in [0.2, 0.25) is 6.79 Å². The zero-order valence-electron chi connectivity index (χ0n) is 19.1. The van der Waals surface area contributed by atoms with Gasteiger partial charge in [-0.3, -0.25) is 0 Å². The summed E-state index contributed by atoms with van der Waals surface area (Å²) >= 11 is 3.47. The lowest BCUT2D eigenvalue weighted by atomic mass is 9.89. The summed E-state index contributed by atoms with van der Waals surface area (Å²) in [6.45, 7) is 0.875. The molecule has 0 saturated heterocycles. The summed E-state index contributed by atoms with van der Waals surface area (Å²) < 4.78 is 34.1. The van der Waals surface area contributed by atoms with Gasteiger partial charge in [-0.2, -0.15) is 0 Å². The lowest BCUT2D eigenvalue weighted by Gasteiger charge is -2.19. The average molecular weight is 529 g/mol. The van der Waals surface area contributed by atoms with Crippen molar-refractivity contribution in [1.82, 2.24) is 0 Å². The van der Waals surface area contributed by atoms with Crippen LogP contribution in [-0.4, -0.2) is 38.9 Å². The molecule has 0 bridgehead atoms. The summed E-state index contributed by atoms with van der Waals surface area (Å²) in [5.74, 6) is 2.74. The van der Waals surface area contributed by atoms with E-state index in [1.165, 1.54) is 0 Å². The third-order valence-electron chi connectivity index (χ3n) is 6.10. The van der Waals surface area contributed by atoms with E-state index < -0.39 is 0 Å². The molecule has 178 valence electrons. The van der Waals surface area contributed by atoms with E-state index in [-0.39, 0.29) is 19.4 Å². The molecule has 2 heterocycles. The highest BCUT2D eigenvalue weighted by Crippen LogP contribution is 2.49. The number of alkyl halides is 1. The summed E-state index contributed by atoms with van der Waals surface area (Å²) in [7, 11) is 3.19. The minimum atomic E-state index is -0.372. The van der Waals surface area contributed by atoms with Crippen molar-refractivity contribution in [2.75, 3.05) is 32.9 Å². The van der Waals surface area contributed by atoms with Gasteiger partial charge in [0.25, 0.3) is 0 Å². The lowest BCUT2D eigenvalue weighted by molar-refractivity contribution is 0.0534. The fraction of sp³-hybridized carbons (Fsp3) is 0.346. The van der Waals surface area contributed by atoms with Crippen molar-refractivity contribution in [2.24, 2.45) is 0 Å². The molecule has 2 aliphatic heterocycles. The van der Waals surface area contributed by atoms with Gasteiger partial charge in [0.1, 0.15) is 12.4 Å². The predicted molar refractivity (Wildman–Crippen MR) is 131 cm³/mol. The number of hydrogen-bond acceptors (Lipinski definition) is 7. The third-order valence-corrected chi connectivity index (χ3v) is 6.66. The predicted octanol–water partition coefficient (Wildman–Crippen LogP) is 5.87. The number of benzene rings is 3. The number of cyclic esters (lactones) is 1. The van der Waals surface area contributed by atoms with Crippen LogP contribution in [0.3, 0.4) is 0 Å². The standard InChI is InChI=1S/C26H25BrO7/c1-29-20-11-16-17(12-21(20)30-2)25(31-9-5-3-4-8-27)18-13-32-26(28)24(18)23(16)15-6-7-19-22(10-15)34-14-33-19/h6-7,10-12H,3-5,8-9,13-14H2,1-2H3. The van der Waals surface area contributed by atoms with E-state index in [4.69, 9.17) is 28.4 Å². The Morgan fingerprint density at radius 1 is 0.882 bits per heavy atom. The van der Waals surface area contributed by atoms with Crippen LogP contribution in [0, 0.1) is 0 Å².